The Hall–Kier alpha value is -2.73. The Bertz CT molecular complexity index is 754. The van der Waals surface area contributed by atoms with E-state index in [2.05, 4.69) is 10.6 Å². The van der Waals surface area contributed by atoms with E-state index in [4.69, 9.17) is 16.3 Å². The molecular formula is C18H18ClN3O3. The summed E-state index contributed by atoms with van der Waals surface area (Å²) in [5.41, 5.74) is 1.69. The number of hydrogen-bond donors (Lipinski definition) is 2. The molecule has 1 aliphatic rings. The van der Waals surface area contributed by atoms with E-state index in [0.29, 0.717) is 18.1 Å². The van der Waals surface area contributed by atoms with Gasteiger partial charge in [-0.1, -0.05) is 41.9 Å². The van der Waals surface area contributed by atoms with Gasteiger partial charge >= 0.3 is 12.1 Å². The number of carbonyl (C=O) groups excluding carboxylic acids is 2. The molecule has 0 spiro atoms. The van der Waals surface area contributed by atoms with Gasteiger partial charge in [-0.3, -0.25) is 4.90 Å². The van der Waals surface area contributed by atoms with Crippen LogP contribution in [-0.2, 0) is 11.3 Å². The van der Waals surface area contributed by atoms with Crippen LogP contribution in [0.3, 0.4) is 0 Å². The highest BCUT2D eigenvalue weighted by molar-refractivity contribution is 6.30. The van der Waals surface area contributed by atoms with Gasteiger partial charge in [-0.2, -0.15) is 0 Å². The topological polar surface area (TPSA) is 70.7 Å². The molecule has 3 rings (SSSR count). The smallest absolute Gasteiger partial charge is 0.414 e. The summed E-state index contributed by atoms with van der Waals surface area (Å²) in [7, 11) is 0. The molecular weight excluding hydrogens is 342 g/mol. The minimum Gasteiger partial charge on any atom is -0.442 e. The fraction of sp³-hybridized carbons (Fsp3) is 0.222. The Kier molecular flexibility index (Phi) is 5.40. The Morgan fingerprint density at radius 3 is 2.72 bits per heavy atom. The number of para-hydroxylation sites is 1. The molecule has 2 aromatic rings. The van der Waals surface area contributed by atoms with Crippen molar-refractivity contribution in [2.45, 2.75) is 12.6 Å². The maximum atomic E-state index is 11.9. The van der Waals surface area contributed by atoms with Crippen molar-refractivity contribution in [1.82, 2.24) is 10.6 Å². The van der Waals surface area contributed by atoms with Crippen LogP contribution in [0, 0.1) is 0 Å². The summed E-state index contributed by atoms with van der Waals surface area (Å²) in [5, 5.41) is 6.08. The van der Waals surface area contributed by atoms with Gasteiger partial charge in [-0.15, -0.1) is 0 Å². The molecule has 2 aromatic carbocycles. The van der Waals surface area contributed by atoms with E-state index in [-0.39, 0.29) is 18.7 Å². The van der Waals surface area contributed by atoms with Crippen molar-refractivity contribution in [3.63, 3.8) is 0 Å². The highest BCUT2D eigenvalue weighted by Crippen LogP contribution is 2.20. The van der Waals surface area contributed by atoms with Crippen molar-refractivity contribution in [2.24, 2.45) is 0 Å². The lowest BCUT2D eigenvalue weighted by Crippen LogP contribution is -2.40. The molecule has 7 heteroatoms. The third kappa shape index (κ3) is 4.64. The molecule has 2 N–H and O–H groups in total. The normalized spacial score (nSPS) is 16.4. The van der Waals surface area contributed by atoms with E-state index in [0.717, 1.165) is 11.3 Å². The number of benzene rings is 2. The summed E-state index contributed by atoms with van der Waals surface area (Å²) in [6.45, 7) is 1.01. The lowest BCUT2D eigenvalue weighted by atomic mass is 10.2. The number of anilines is 1. The van der Waals surface area contributed by atoms with E-state index < -0.39 is 6.09 Å². The number of amides is 3. The third-order valence-corrected chi connectivity index (χ3v) is 4.01. The first kappa shape index (κ1) is 17.1. The van der Waals surface area contributed by atoms with Crippen LogP contribution in [-0.4, -0.2) is 31.3 Å². The van der Waals surface area contributed by atoms with Gasteiger partial charge in [0.05, 0.1) is 13.1 Å². The van der Waals surface area contributed by atoms with Gasteiger partial charge in [-0.05, 0) is 29.8 Å². The zero-order valence-corrected chi connectivity index (χ0v) is 14.2. The maximum absolute atomic E-state index is 11.9. The van der Waals surface area contributed by atoms with E-state index in [1.165, 1.54) is 0 Å². The SMILES string of the molecule is O=C(NCc1cccc(Cl)c1)NCC1CN(c2ccccc2)C(=O)O1. The number of rotatable bonds is 5. The molecule has 1 fully saturated rings. The number of hydrogen-bond acceptors (Lipinski definition) is 3. The van der Waals surface area contributed by atoms with Crippen LogP contribution >= 0.6 is 11.6 Å². The van der Waals surface area contributed by atoms with E-state index in [1.807, 2.05) is 42.5 Å². The molecule has 0 aromatic heterocycles. The van der Waals surface area contributed by atoms with Crippen LogP contribution in [0.1, 0.15) is 5.56 Å². The van der Waals surface area contributed by atoms with E-state index >= 15 is 0 Å². The first-order valence-electron chi connectivity index (χ1n) is 7.91. The van der Waals surface area contributed by atoms with Crippen LogP contribution in [0.2, 0.25) is 5.02 Å². The number of halogens is 1. The number of nitrogens with zero attached hydrogens (tertiary/aromatic N) is 1. The number of urea groups is 1. The van der Waals surface area contributed by atoms with Crippen LogP contribution < -0.4 is 15.5 Å². The predicted molar refractivity (Wildman–Crippen MR) is 95.7 cm³/mol. The minimum atomic E-state index is -0.405. The summed E-state index contributed by atoms with van der Waals surface area (Å²) in [6.07, 6.45) is -0.790. The zero-order chi connectivity index (χ0) is 17.6. The van der Waals surface area contributed by atoms with Gasteiger partial charge < -0.3 is 15.4 Å². The summed E-state index contributed by atoms with van der Waals surface area (Å²) in [4.78, 5) is 25.4. The van der Waals surface area contributed by atoms with Crippen LogP contribution in [0.15, 0.2) is 54.6 Å². The summed E-state index contributed by atoms with van der Waals surface area (Å²) in [5.74, 6) is 0. The largest absolute Gasteiger partial charge is 0.442 e. The molecule has 130 valence electrons. The molecule has 0 radical (unpaired) electrons. The first-order valence-corrected chi connectivity index (χ1v) is 8.29. The number of nitrogens with one attached hydrogen (secondary N) is 2. The Balaban J connectivity index is 1.44. The Morgan fingerprint density at radius 2 is 1.96 bits per heavy atom. The van der Waals surface area contributed by atoms with Gasteiger partial charge in [0.2, 0.25) is 0 Å². The minimum absolute atomic E-state index is 0.246. The second-order valence-corrected chi connectivity index (χ2v) is 6.08. The highest BCUT2D eigenvalue weighted by atomic mass is 35.5. The van der Waals surface area contributed by atoms with Crippen molar-refractivity contribution < 1.29 is 14.3 Å². The predicted octanol–water partition coefficient (Wildman–Crippen LogP) is 3.16. The molecule has 1 atom stereocenters. The van der Waals surface area contributed by atoms with Gasteiger partial charge in [0, 0.05) is 17.3 Å². The van der Waals surface area contributed by atoms with Crippen LogP contribution in [0.4, 0.5) is 15.3 Å². The van der Waals surface area contributed by atoms with Crippen molar-refractivity contribution >= 4 is 29.4 Å². The van der Waals surface area contributed by atoms with E-state index in [1.54, 1.807) is 17.0 Å². The first-order chi connectivity index (χ1) is 12.1. The van der Waals surface area contributed by atoms with Gasteiger partial charge in [0.15, 0.2) is 0 Å². The molecule has 1 saturated heterocycles. The van der Waals surface area contributed by atoms with Crippen molar-refractivity contribution in [3.05, 3.63) is 65.2 Å². The molecule has 0 aliphatic carbocycles. The molecule has 1 unspecified atom stereocenters. The van der Waals surface area contributed by atoms with E-state index in [9.17, 15) is 9.59 Å². The molecule has 1 heterocycles. The quantitative estimate of drug-likeness (QED) is 0.861. The zero-order valence-electron chi connectivity index (χ0n) is 13.4. The lowest BCUT2D eigenvalue weighted by Gasteiger charge is -2.13. The van der Waals surface area contributed by atoms with Gasteiger partial charge in [0.1, 0.15) is 6.10 Å². The molecule has 3 amide bonds. The van der Waals surface area contributed by atoms with Crippen molar-refractivity contribution in [1.29, 1.82) is 0 Å². The molecule has 0 bridgehead atoms. The summed E-state index contributed by atoms with van der Waals surface area (Å²) < 4.78 is 5.28. The number of carbonyl (C=O) groups is 2. The number of cyclic esters (lactones) is 1. The van der Waals surface area contributed by atoms with Gasteiger partial charge in [-0.25, -0.2) is 9.59 Å². The van der Waals surface area contributed by atoms with Crippen molar-refractivity contribution in [2.75, 3.05) is 18.0 Å². The lowest BCUT2D eigenvalue weighted by molar-refractivity contribution is 0.140. The standard InChI is InChI=1S/C18H18ClN3O3/c19-14-6-4-5-13(9-14)10-20-17(23)21-11-16-12-22(18(24)25-16)15-7-2-1-3-8-15/h1-9,16H,10-12H2,(H2,20,21,23). The molecule has 0 saturated carbocycles. The average Bonchev–Trinajstić information content (AvgIpc) is 3.00. The average molecular weight is 360 g/mol. The monoisotopic (exact) mass is 359 g/mol. The fourth-order valence-corrected chi connectivity index (χ4v) is 2.76. The Morgan fingerprint density at radius 1 is 1.16 bits per heavy atom. The van der Waals surface area contributed by atoms with Crippen LogP contribution in [0.25, 0.3) is 0 Å². The second-order valence-electron chi connectivity index (χ2n) is 5.65. The molecule has 25 heavy (non-hydrogen) atoms. The third-order valence-electron chi connectivity index (χ3n) is 3.77. The van der Waals surface area contributed by atoms with Gasteiger partial charge in [0.25, 0.3) is 0 Å². The second kappa shape index (κ2) is 7.90. The highest BCUT2D eigenvalue weighted by Gasteiger charge is 2.32. The number of ether oxygens (including phenoxy) is 1. The molecule has 1 aliphatic heterocycles. The summed E-state index contributed by atoms with van der Waals surface area (Å²) in [6, 6.07) is 16.2. The Labute approximate surface area is 150 Å². The molecule has 6 nitrogen and oxygen atoms in total. The maximum Gasteiger partial charge on any atom is 0.414 e. The van der Waals surface area contributed by atoms with Crippen LogP contribution in [0.5, 0.6) is 0 Å². The fourth-order valence-electron chi connectivity index (χ4n) is 2.54. The summed E-state index contributed by atoms with van der Waals surface area (Å²) >= 11 is 5.90. The van der Waals surface area contributed by atoms with Crippen molar-refractivity contribution in [3.8, 4) is 0 Å².